The Labute approximate surface area is 137 Å². The van der Waals surface area contributed by atoms with Crippen molar-refractivity contribution in [1.29, 1.82) is 0 Å². The summed E-state index contributed by atoms with van der Waals surface area (Å²) in [6, 6.07) is 6.66. The summed E-state index contributed by atoms with van der Waals surface area (Å²) >= 11 is 0. The highest BCUT2D eigenvalue weighted by molar-refractivity contribution is 7.92. The zero-order valence-electron chi connectivity index (χ0n) is 12.8. The van der Waals surface area contributed by atoms with Gasteiger partial charge in [0.2, 0.25) is 11.9 Å². The van der Waals surface area contributed by atoms with Crippen molar-refractivity contribution in [2.75, 3.05) is 10.0 Å². The molecule has 1 aromatic carbocycles. The molecule has 0 aliphatic heterocycles. The largest absolute Gasteiger partial charge is 0.477 e. The number of carbonyl (C=O) groups excluding carboxylic acids is 1. The predicted octanol–water partition coefficient (Wildman–Crippen LogP) is 1.24. The molecule has 0 unspecified atom stereocenters. The maximum absolute atomic E-state index is 12.3. The van der Waals surface area contributed by atoms with Crippen LogP contribution in [0.4, 0.5) is 11.6 Å². The molecule has 0 spiro atoms. The number of carboxylic acid groups (broad SMARTS) is 1. The second-order valence-corrected chi connectivity index (χ2v) is 6.52. The van der Waals surface area contributed by atoms with Gasteiger partial charge in [0.1, 0.15) is 0 Å². The van der Waals surface area contributed by atoms with E-state index in [4.69, 9.17) is 5.11 Å². The SMILES string of the molecule is CC(=O)Nc1ccc(S(=O)(=O)Nc2nc(C)cc(C(=O)O)n2)cc1. The van der Waals surface area contributed by atoms with Crippen LogP contribution in [0.15, 0.2) is 35.2 Å². The highest BCUT2D eigenvalue weighted by Gasteiger charge is 2.17. The summed E-state index contributed by atoms with van der Waals surface area (Å²) in [6.45, 7) is 2.86. The second kappa shape index (κ2) is 6.62. The van der Waals surface area contributed by atoms with Gasteiger partial charge in [0.05, 0.1) is 4.90 Å². The van der Waals surface area contributed by atoms with Gasteiger partial charge in [-0.1, -0.05) is 0 Å². The third-order valence-electron chi connectivity index (χ3n) is 2.78. The highest BCUT2D eigenvalue weighted by Crippen LogP contribution is 2.17. The van der Waals surface area contributed by atoms with Gasteiger partial charge in [-0.05, 0) is 37.3 Å². The van der Waals surface area contributed by atoms with Crippen molar-refractivity contribution in [3.63, 3.8) is 0 Å². The number of amides is 1. The Bertz CT molecular complexity index is 894. The maximum atomic E-state index is 12.3. The van der Waals surface area contributed by atoms with E-state index in [9.17, 15) is 18.0 Å². The minimum absolute atomic E-state index is 0.0846. The Hall–Kier alpha value is -3.01. The molecule has 2 aromatic rings. The number of rotatable bonds is 5. The van der Waals surface area contributed by atoms with Gasteiger partial charge in [-0.15, -0.1) is 0 Å². The Morgan fingerprint density at radius 3 is 2.29 bits per heavy atom. The summed E-state index contributed by atoms with van der Waals surface area (Å²) < 4.78 is 26.7. The lowest BCUT2D eigenvalue weighted by atomic mass is 10.3. The lowest BCUT2D eigenvalue weighted by Crippen LogP contribution is -2.17. The monoisotopic (exact) mass is 350 g/mol. The smallest absolute Gasteiger partial charge is 0.354 e. The van der Waals surface area contributed by atoms with E-state index in [1.807, 2.05) is 0 Å². The van der Waals surface area contributed by atoms with Crippen molar-refractivity contribution in [3.8, 4) is 0 Å². The molecule has 0 radical (unpaired) electrons. The molecule has 0 saturated heterocycles. The number of nitrogens with zero attached hydrogens (tertiary/aromatic N) is 2. The predicted molar refractivity (Wildman–Crippen MR) is 85.3 cm³/mol. The minimum atomic E-state index is -4.00. The first-order valence-electron chi connectivity index (χ1n) is 6.67. The molecule has 0 atom stereocenters. The Morgan fingerprint density at radius 2 is 1.75 bits per heavy atom. The molecule has 3 N–H and O–H groups in total. The van der Waals surface area contributed by atoms with E-state index < -0.39 is 16.0 Å². The third kappa shape index (κ3) is 4.26. The number of hydrogen-bond donors (Lipinski definition) is 3. The van der Waals surface area contributed by atoms with Crippen LogP contribution in [-0.4, -0.2) is 35.4 Å². The standard InChI is InChI=1S/C14H14N4O5S/c1-8-7-12(13(20)21)17-14(15-8)18-24(22,23)11-5-3-10(4-6-11)16-9(2)19/h3-7H,1-2H3,(H,16,19)(H,20,21)(H,15,17,18). The van der Waals surface area contributed by atoms with E-state index in [0.717, 1.165) is 0 Å². The van der Waals surface area contributed by atoms with Gasteiger partial charge >= 0.3 is 5.97 Å². The molecular weight excluding hydrogens is 336 g/mol. The Morgan fingerprint density at radius 1 is 1.12 bits per heavy atom. The normalized spacial score (nSPS) is 10.9. The number of aryl methyl sites for hydroxylation is 1. The zero-order chi connectivity index (χ0) is 17.9. The number of aromatic nitrogens is 2. The van der Waals surface area contributed by atoms with Crippen LogP contribution in [0.5, 0.6) is 0 Å². The van der Waals surface area contributed by atoms with Gasteiger partial charge in [-0.2, -0.15) is 0 Å². The molecule has 1 aromatic heterocycles. The van der Waals surface area contributed by atoms with Crippen LogP contribution in [0.1, 0.15) is 23.1 Å². The van der Waals surface area contributed by atoms with E-state index in [-0.39, 0.29) is 22.4 Å². The van der Waals surface area contributed by atoms with Gasteiger partial charge in [-0.3, -0.25) is 4.79 Å². The van der Waals surface area contributed by atoms with Crippen LogP contribution in [-0.2, 0) is 14.8 Å². The minimum Gasteiger partial charge on any atom is -0.477 e. The number of hydrogen-bond acceptors (Lipinski definition) is 6. The number of sulfonamides is 1. The third-order valence-corrected chi connectivity index (χ3v) is 4.13. The van der Waals surface area contributed by atoms with Crippen molar-refractivity contribution in [1.82, 2.24) is 9.97 Å². The molecule has 126 valence electrons. The van der Waals surface area contributed by atoms with E-state index in [2.05, 4.69) is 20.0 Å². The van der Waals surface area contributed by atoms with Crippen molar-refractivity contribution in [2.45, 2.75) is 18.7 Å². The van der Waals surface area contributed by atoms with Crippen LogP contribution in [0.25, 0.3) is 0 Å². The summed E-state index contributed by atoms with van der Waals surface area (Å²) in [4.78, 5) is 29.3. The number of carboxylic acids is 1. The fraction of sp³-hybridized carbons (Fsp3) is 0.143. The van der Waals surface area contributed by atoms with E-state index >= 15 is 0 Å². The van der Waals surface area contributed by atoms with Crippen molar-refractivity contribution < 1.29 is 23.1 Å². The van der Waals surface area contributed by atoms with Crippen LogP contribution in [0.2, 0.25) is 0 Å². The topological polar surface area (TPSA) is 138 Å². The quantitative estimate of drug-likeness (QED) is 0.737. The zero-order valence-corrected chi connectivity index (χ0v) is 13.6. The van der Waals surface area contributed by atoms with Crippen LogP contribution in [0.3, 0.4) is 0 Å². The number of benzene rings is 1. The average Bonchev–Trinajstić information content (AvgIpc) is 2.46. The first kappa shape index (κ1) is 17.3. The van der Waals surface area contributed by atoms with Crippen LogP contribution in [0, 0.1) is 6.92 Å². The average molecular weight is 350 g/mol. The summed E-state index contributed by atoms with van der Waals surface area (Å²) in [5.41, 5.74) is 0.434. The molecule has 0 aliphatic carbocycles. The fourth-order valence-corrected chi connectivity index (χ4v) is 2.77. The molecule has 0 saturated carbocycles. The number of carbonyl (C=O) groups is 2. The van der Waals surface area contributed by atoms with E-state index in [1.165, 1.54) is 44.2 Å². The Kier molecular flexibility index (Phi) is 4.79. The van der Waals surface area contributed by atoms with Crippen molar-refractivity contribution >= 4 is 33.5 Å². The summed E-state index contributed by atoms with van der Waals surface area (Å²) in [7, 11) is -4.00. The molecule has 0 aliphatic rings. The summed E-state index contributed by atoms with van der Waals surface area (Å²) in [5.74, 6) is -1.91. The molecule has 9 nitrogen and oxygen atoms in total. The highest BCUT2D eigenvalue weighted by atomic mass is 32.2. The van der Waals surface area contributed by atoms with Gasteiger partial charge in [0, 0.05) is 18.3 Å². The Balaban J connectivity index is 2.28. The molecule has 10 heteroatoms. The van der Waals surface area contributed by atoms with Gasteiger partial charge in [0.25, 0.3) is 10.0 Å². The lowest BCUT2D eigenvalue weighted by Gasteiger charge is -2.09. The summed E-state index contributed by atoms with van der Waals surface area (Å²) in [6.07, 6.45) is 0. The maximum Gasteiger partial charge on any atom is 0.354 e. The fourth-order valence-electron chi connectivity index (χ4n) is 1.82. The number of nitrogens with one attached hydrogen (secondary N) is 2. The van der Waals surface area contributed by atoms with Crippen LogP contribution >= 0.6 is 0 Å². The molecule has 1 heterocycles. The second-order valence-electron chi connectivity index (χ2n) is 4.83. The molecule has 0 fully saturated rings. The summed E-state index contributed by atoms with van der Waals surface area (Å²) in [5, 5.41) is 11.5. The van der Waals surface area contributed by atoms with Crippen LogP contribution < -0.4 is 10.0 Å². The first-order chi connectivity index (χ1) is 11.2. The number of anilines is 2. The molecule has 24 heavy (non-hydrogen) atoms. The van der Waals surface area contributed by atoms with E-state index in [0.29, 0.717) is 11.4 Å². The van der Waals surface area contributed by atoms with Crippen molar-refractivity contribution in [3.05, 3.63) is 41.7 Å². The van der Waals surface area contributed by atoms with Gasteiger partial charge in [0.15, 0.2) is 5.69 Å². The molecular formula is C14H14N4O5S. The first-order valence-corrected chi connectivity index (χ1v) is 8.15. The van der Waals surface area contributed by atoms with Crippen molar-refractivity contribution in [2.24, 2.45) is 0 Å². The molecule has 1 amide bonds. The number of aromatic carboxylic acids is 1. The van der Waals surface area contributed by atoms with E-state index in [1.54, 1.807) is 0 Å². The lowest BCUT2D eigenvalue weighted by molar-refractivity contribution is -0.114. The molecule has 0 bridgehead atoms. The molecule has 2 rings (SSSR count). The van der Waals surface area contributed by atoms with Gasteiger partial charge < -0.3 is 10.4 Å². The van der Waals surface area contributed by atoms with Gasteiger partial charge in [-0.25, -0.2) is 27.9 Å².